The van der Waals surface area contributed by atoms with Crippen molar-refractivity contribution in [1.29, 1.82) is 0 Å². The molecule has 2 unspecified atom stereocenters. The van der Waals surface area contributed by atoms with Crippen molar-refractivity contribution in [2.75, 3.05) is 34.3 Å². The summed E-state index contributed by atoms with van der Waals surface area (Å²) in [4.78, 5) is 18.6. The van der Waals surface area contributed by atoms with Gasteiger partial charge in [0.2, 0.25) is 0 Å². The first-order chi connectivity index (χ1) is 25.5. The Bertz CT molecular complexity index is 1250. The third-order valence-corrected chi connectivity index (χ3v) is 14.1. The van der Waals surface area contributed by atoms with Crippen LogP contribution in [-0.2, 0) is 33.2 Å². The number of esters is 1. The smallest absolute Gasteiger partial charge is 0.311 e. The van der Waals surface area contributed by atoms with E-state index in [1.165, 1.54) is 6.92 Å². The van der Waals surface area contributed by atoms with Crippen LogP contribution in [0.4, 0.5) is 0 Å². The number of cyclic esters (lactones) is 1. The number of hydrogen-bond donors (Lipinski definition) is 4. The van der Waals surface area contributed by atoms with Crippen molar-refractivity contribution < 1.29 is 53.6 Å². The lowest BCUT2D eigenvalue weighted by Gasteiger charge is -2.50. The minimum atomic E-state index is -1.75. The van der Waals surface area contributed by atoms with Crippen LogP contribution in [-0.4, -0.2) is 155 Å². The number of methoxy groups -OCH3 is 1. The summed E-state index contributed by atoms with van der Waals surface area (Å²) in [6, 6.07) is -0.443. The molecule has 0 aromatic rings. The number of carbonyl (C=O) groups excluding carboxylic acids is 1. The minimum Gasteiger partial charge on any atom is -0.459 e. The molecule has 13 heteroatoms. The van der Waals surface area contributed by atoms with Crippen LogP contribution < -0.4 is 0 Å². The van der Waals surface area contributed by atoms with Crippen LogP contribution in [0.1, 0.15) is 121 Å². The van der Waals surface area contributed by atoms with Gasteiger partial charge in [0.1, 0.15) is 17.8 Å². The molecule has 3 aliphatic heterocycles. The van der Waals surface area contributed by atoms with Gasteiger partial charge >= 0.3 is 5.97 Å². The fourth-order valence-corrected chi connectivity index (χ4v) is 10.3. The first kappa shape index (κ1) is 46.7. The lowest BCUT2D eigenvalue weighted by Crippen LogP contribution is -2.60. The van der Waals surface area contributed by atoms with E-state index in [1.54, 1.807) is 21.0 Å². The minimum absolute atomic E-state index is 0.124. The van der Waals surface area contributed by atoms with E-state index < -0.39 is 83.6 Å². The van der Waals surface area contributed by atoms with E-state index in [0.717, 1.165) is 19.3 Å². The molecule has 3 saturated heterocycles. The Morgan fingerprint density at radius 2 is 1.58 bits per heavy atom. The van der Waals surface area contributed by atoms with Crippen LogP contribution in [0.25, 0.3) is 0 Å². The quantitative estimate of drug-likeness (QED) is 0.248. The molecule has 0 radical (unpaired) electrons. The number of hydrogen-bond acceptors (Lipinski definition) is 13. The van der Waals surface area contributed by atoms with E-state index in [4.69, 9.17) is 28.4 Å². The van der Waals surface area contributed by atoms with Crippen molar-refractivity contribution in [3.8, 4) is 0 Å². The highest BCUT2D eigenvalue weighted by molar-refractivity contribution is 5.73. The number of aliphatic hydroxyl groups is 4. The zero-order chi connectivity index (χ0) is 41.4. The van der Waals surface area contributed by atoms with E-state index in [0.29, 0.717) is 25.9 Å². The molecule has 4 rings (SSSR count). The molecule has 0 aromatic heterocycles. The summed E-state index contributed by atoms with van der Waals surface area (Å²) in [7, 11) is 5.54. The fourth-order valence-electron chi connectivity index (χ4n) is 10.3. The topological polar surface area (TPSA) is 160 Å². The molecule has 0 aromatic carbocycles. The van der Waals surface area contributed by atoms with Crippen LogP contribution in [0.5, 0.6) is 0 Å². The Balaban J connectivity index is 1.84. The monoisotopic (exact) mass is 787 g/mol. The Morgan fingerprint density at radius 1 is 0.945 bits per heavy atom. The zero-order valence-electron chi connectivity index (χ0n) is 36.5. The van der Waals surface area contributed by atoms with Crippen LogP contribution in [0.15, 0.2) is 0 Å². The summed E-state index contributed by atoms with van der Waals surface area (Å²) < 4.78 is 39.0. The van der Waals surface area contributed by atoms with Gasteiger partial charge < -0.3 is 58.6 Å². The molecule has 322 valence electrons. The van der Waals surface area contributed by atoms with Gasteiger partial charge in [-0.05, 0) is 114 Å². The van der Waals surface area contributed by atoms with Crippen LogP contribution in [0, 0.1) is 23.2 Å². The highest BCUT2D eigenvalue weighted by Crippen LogP contribution is 2.63. The van der Waals surface area contributed by atoms with E-state index in [1.807, 2.05) is 60.5 Å². The SMILES string of the molecule is CCCN1C[C@@H](C)[C@@H](O)[C@](C)(O)[C@@H](CC)OC(=O)C(C)[C@H](OC2C[C@@](C)(OC)C3(CC3)[C@H](C)O2)[C@H](C)[C@@H](O[C@@H]2O[C@H](C)C[C@H](N(C)C)[C@H]2O)[C@](C)(O)C[C@H]1C. The predicted molar refractivity (Wildman–Crippen MR) is 209 cm³/mol. The molecule has 0 amide bonds. The number of carbonyl (C=O) groups is 1. The predicted octanol–water partition coefficient (Wildman–Crippen LogP) is 4.10. The summed E-state index contributed by atoms with van der Waals surface area (Å²) in [5.41, 5.74) is -3.94. The summed E-state index contributed by atoms with van der Waals surface area (Å²) in [6.07, 6.45) is -3.07. The van der Waals surface area contributed by atoms with Gasteiger partial charge in [0, 0.05) is 43.5 Å². The molecular weight excluding hydrogens is 708 g/mol. The molecule has 0 bridgehead atoms. The summed E-state index contributed by atoms with van der Waals surface area (Å²) in [6.45, 7) is 21.9. The van der Waals surface area contributed by atoms with Crippen molar-refractivity contribution in [3.63, 3.8) is 0 Å². The highest BCUT2D eigenvalue weighted by Gasteiger charge is 2.65. The molecule has 55 heavy (non-hydrogen) atoms. The van der Waals surface area contributed by atoms with Crippen LogP contribution >= 0.6 is 0 Å². The number of nitrogens with zero attached hydrogens (tertiary/aromatic N) is 2. The Morgan fingerprint density at radius 3 is 2.13 bits per heavy atom. The van der Waals surface area contributed by atoms with Gasteiger partial charge in [-0.1, -0.05) is 27.7 Å². The molecule has 4 aliphatic rings. The van der Waals surface area contributed by atoms with Crippen molar-refractivity contribution >= 4 is 5.97 Å². The Hall–Kier alpha value is -0.970. The third kappa shape index (κ3) is 9.75. The first-order valence-corrected chi connectivity index (χ1v) is 21.1. The molecule has 4 N–H and O–H groups in total. The summed E-state index contributed by atoms with van der Waals surface area (Å²) in [5.74, 6) is -2.65. The normalized spacial score (nSPS) is 47.9. The molecule has 1 aliphatic carbocycles. The van der Waals surface area contributed by atoms with Crippen molar-refractivity contribution in [2.24, 2.45) is 23.2 Å². The zero-order valence-corrected chi connectivity index (χ0v) is 36.5. The second-order valence-corrected chi connectivity index (χ2v) is 18.8. The summed E-state index contributed by atoms with van der Waals surface area (Å²) in [5, 5.41) is 48.0. The first-order valence-electron chi connectivity index (χ1n) is 21.1. The number of aliphatic hydroxyl groups excluding tert-OH is 2. The molecule has 1 saturated carbocycles. The average molecular weight is 787 g/mol. The van der Waals surface area contributed by atoms with Gasteiger partial charge in [-0.2, -0.15) is 0 Å². The fraction of sp³-hybridized carbons (Fsp3) is 0.976. The maximum absolute atomic E-state index is 14.4. The Labute approximate surface area is 331 Å². The van der Waals surface area contributed by atoms with E-state index in [9.17, 15) is 25.2 Å². The number of rotatable bonds is 9. The molecule has 3 heterocycles. The summed E-state index contributed by atoms with van der Waals surface area (Å²) >= 11 is 0. The standard InChI is InChI=1S/C42H78N2O11/c1-15-19-44-23-24(3)35(46)41(11,49)31(16-2)53-37(47)28(7)34(54-32-22-40(10,50-14)42(17-18-42)29(8)52-32)27(6)36(39(9,48)21-25(44)4)55-38-33(45)30(43(12)13)20-26(5)51-38/h24-36,38,45-46,48-49H,15-23H2,1-14H3/t24-,25-,26-,27+,28?,29+,30+,31-,32?,33-,34-,35-,36-,38+,39-,40-,41-/m1/s1. The third-order valence-electron chi connectivity index (χ3n) is 14.1. The number of likely N-dealkylation sites (N-methyl/N-ethyl adjacent to an activating group) is 1. The van der Waals surface area contributed by atoms with E-state index in [2.05, 4.69) is 18.7 Å². The molecule has 1 spiro atoms. The van der Waals surface area contributed by atoms with Crippen LogP contribution in [0.2, 0.25) is 0 Å². The highest BCUT2D eigenvalue weighted by atomic mass is 16.7. The maximum atomic E-state index is 14.4. The largest absolute Gasteiger partial charge is 0.459 e. The van der Waals surface area contributed by atoms with Gasteiger partial charge in [-0.25, -0.2) is 0 Å². The average Bonchev–Trinajstić information content (AvgIpc) is 3.93. The Kier molecular flexibility index (Phi) is 15.4. The molecule has 13 nitrogen and oxygen atoms in total. The van der Waals surface area contributed by atoms with Gasteiger partial charge in [0.25, 0.3) is 0 Å². The second kappa shape index (κ2) is 18.1. The van der Waals surface area contributed by atoms with Crippen molar-refractivity contribution in [2.45, 2.75) is 205 Å². The van der Waals surface area contributed by atoms with Gasteiger partial charge in [-0.3, -0.25) is 4.79 Å². The molecule has 4 fully saturated rings. The van der Waals surface area contributed by atoms with Gasteiger partial charge in [-0.15, -0.1) is 0 Å². The van der Waals surface area contributed by atoms with E-state index >= 15 is 0 Å². The van der Waals surface area contributed by atoms with Crippen LogP contribution in [0.3, 0.4) is 0 Å². The molecular formula is C42H78N2O11. The van der Waals surface area contributed by atoms with Gasteiger partial charge in [0.05, 0.1) is 47.6 Å². The van der Waals surface area contributed by atoms with E-state index in [-0.39, 0.29) is 42.5 Å². The molecule has 17 atom stereocenters. The van der Waals surface area contributed by atoms with Crippen molar-refractivity contribution in [3.05, 3.63) is 0 Å². The second-order valence-electron chi connectivity index (χ2n) is 18.8. The lowest BCUT2D eigenvalue weighted by atomic mass is 9.76. The maximum Gasteiger partial charge on any atom is 0.311 e. The van der Waals surface area contributed by atoms with Crippen molar-refractivity contribution in [1.82, 2.24) is 9.80 Å². The van der Waals surface area contributed by atoms with Gasteiger partial charge in [0.15, 0.2) is 12.6 Å². The number of ether oxygens (including phenoxy) is 6. The lowest BCUT2D eigenvalue weighted by molar-refractivity contribution is -0.316.